The zero-order chi connectivity index (χ0) is 23.8. The Bertz CT molecular complexity index is 1070. The van der Waals surface area contributed by atoms with E-state index >= 15 is 0 Å². The molecule has 0 radical (unpaired) electrons. The second-order valence-corrected chi connectivity index (χ2v) is 9.19. The van der Waals surface area contributed by atoms with Crippen molar-refractivity contribution in [3.05, 3.63) is 69.8 Å². The maximum absolute atomic E-state index is 13.4. The summed E-state index contributed by atoms with van der Waals surface area (Å²) in [6, 6.07) is 11.6. The van der Waals surface area contributed by atoms with Crippen LogP contribution in [-0.2, 0) is 9.59 Å². The number of hydrogen-bond acceptors (Lipinski definition) is 5. The van der Waals surface area contributed by atoms with E-state index in [-0.39, 0.29) is 17.7 Å². The van der Waals surface area contributed by atoms with E-state index in [4.69, 9.17) is 0 Å². The van der Waals surface area contributed by atoms with Gasteiger partial charge in [0.1, 0.15) is 6.04 Å². The predicted molar refractivity (Wildman–Crippen MR) is 120 cm³/mol. The molecule has 3 amide bonds. The van der Waals surface area contributed by atoms with Crippen LogP contribution < -0.4 is 4.90 Å². The molecule has 1 unspecified atom stereocenters. The molecule has 0 N–H and O–H groups in total. The molecule has 1 heterocycles. The molecule has 8 nitrogen and oxygen atoms in total. The summed E-state index contributed by atoms with van der Waals surface area (Å²) in [5, 5.41) is 11.1. The van der Waals surface area contributed by atoms with Crippen molar-refractivity contribution in [1.29, 1.82) is 0 Å². The summed E-state index contributed by atoms with van der Waals surface area (Å²) in [6.07, 6.45) is -0.150. The van der Waals surface area contributed by atoms with Gasteiger partial charge in [-0.05, 0) is 50.5 Å². The molecule has 168 valence electrons. The molecule has 1 aliphatic heterocycles. The molecule has 0 aliphatic carbocycles. The van der Waals surface area contributed by atoms with E-state index in [0.29, 0.717) is 11.6 Å². The molecule has 0 aromatic heterocycles. The lowest BCUT2D eigenvalue weighted by Crippen LogP contribution is -2.54. The zero-order valence-electron chi connectivity index (χ0n) is 18.9. The third-order valence-corrected chi connectivity index (χ3v) is 5.50. The topological polar surface area (TPSA) is 101 Å². The van der Waals surface area contributed by atoms with E-state index in [9.17, 15) is 24.5 Å². The number of nitrogens with zero attached hydrogens (tertiary/aromatic N) is 3. The number of carbonyl (C=O) groups is 3. The van der Waals surface area contributed by atoms with Crippen molar-refractivity contribution in [3.63, 3.8) is 0 Å². The van der Waals surface area contributed by atoms with Gasteiger partial charge >= 0.3 is 0 Å². The third kappa shape index (κ3) is 4.39. The van der Waals surface area contributed by atoms with Crippen LogP contribution in [0.1, 0.15) is 62.9 Å². The number of non-ortho nitro benzene ring substituents is 1. The summed E-state index contributed by atoms with van der Waals surface area (Å²) in [6.45, 7) is 9.40. The average molecular weight is 437 g/mol. The Morgan fingerprint density at radius 2 is 1.75 bits per heavy atom. The fourth-order valence-electron chi connectivity index (χ4n) is 3.90. The van der Waals surface area contributed by atoms with Crippen LogP contribution >= 0.6 is 0 Å². The van der Waals surface area contributed by atoms with Crippen molar-refractivity contribution in [2.75, 3.05) is 4.90 Å². The van der Waals surface area contributed by atoms with Crippen molar-refractivity contribution < 1.29 is 19.3 Å². The Hall–Kier alpha value is -3.55. The smallest absolute Gasteiger partial charge is 0.270 e. The maximum atomic E-state index is 13.4. The Labute approximate surface area is 187 Å². The molecule has 1 saturated heterocycles. The van der Waals surface area contributed by atoms with Crippen molar-refractivity contribution in [1.82, 2.24) is 4.90 Å². The van der Waals surface area contributed by atoms with Gasteiger partial charge in [0.2, 0.25) is 5.91 Å². The van der Waals surface area contributed by atoms with Gasteiger partial charge in [0, 0.05) is 23.2 Å². The fraction of sp³-hybridized carbons (Fsp3) is 0.375. The molecule has 0 spiro atoms. The van der Waals surface area contributed by atoms with Gasteiger partial charge in [0.15, 0.2) is 0 Å². The quantitative estimate of drug-likeness (QED) is 0.395. The lowest BCUT2D eigenvalue weighted by Gasteiger charge is -2.39. The van der Waals surface area contributed by atoms with Crippen LogP contribution in [0.5, 0.6) is 0 Å². The summed E-state index contributed by atoms with van der Waals surface area (Å²) >= 11 is 0. The summed E-state index contributed by atoms with van der Waals surface area (Å²) in [5.41, 5.74) is 0.615. The predicted octanol–water partition coefficient (Wildman–Crippen LogP) is 4.29. The van der Waals surface area contributed by atoms with E-state index < -0.39 is 34.2 Å². The summed E-state index contributed by atoms with van der Waals surface area (Å²) < 4.78 is 0. The van der Waals surface area contributed by atoms with Crippen molar-refractivity contribution in [3.8, 4) is 0 Å². The molecule has 1 atom stereocenters. The van der Waals surface area contributed by atoms with E-state index in [1.54, 1.807) is 32.9 Å². The minimum Gasteiger partial charge on any atom is -0.321 e. The summed E-state index contributed by atoms with van der Waals surface area (Å²) in [4.78, 5) is 52.6. The van der Waals surface area contributed by atoms with Crippen molar-refractivity contribution in [2.24, 2.45) is 0 Å². The van der Waals surface area contributed by atoms with Crippen LogP contribution in [0.2, 0.25) is 0 Å². The number of nitro benzene ring substituents is 1. The lowest BCUT2D eigenvalue weighted by molar-refractivity contribution is -0.384. The highest BCUT2D eigenvalue weighted by molar-refractivity contribution is 6.23. The minimum absolute atomic E-state index is 0.0918. The molecule has 1 aliphatic rings. The van der Waals surface area contributed by atoms with Crippen LogP contribution in [0.3, 0.4) is 0 Å². The maximum Gasteiger partial charge on any atom is 0.270 e. The SMILES string of the molecule is CC(C)c1ccc(N2C(=O)CC(N(C(=O)c3cccc([N+](=O)[O-])c3)C(C)(C)C)C2=O)cc1. The number of imide groups is 1. The van der Waals surface area contributed by atoms with Crippen LogP contribution in [0.4, 0.5) is 11.4 Å². The number of benzene rings is 2. The van der Waals surface area contributed by atoms with E-state index in [2.05, 4.69) is 13.8 Å². The molecule has 32 heavy (non-hydrogen) atoms. The first-order valence-corrected chi connectivity index (χ1v) is 10.5. The molecular formula is C24H27N3O5. The second-order valence-electron chi connectivity index (χ2n) is 9.19. The van der Waals surface area contributed by atoms with Crippen LogP contribution in [-0.4, -0.2) is 39.1 Å². The van der Waals surface area contributed by atoms with Gasteiger partial charge in [-0.15, -0.1) is 0 Å². The first-order chi connectivity index (χ1) is 14.9. The molecule has 2 aromatic carbocycles. The lowest BCUT2D eigenvalue weighted by atomic mass is 9.99. The summed E-state index contributed by atoms with van der Waals surface area (Å²) in [7, 11) is 0. The molecule has 8 heteroatoms. The second kappa shape index (κ2) is 8.53. The number of anilines is 1. The van der Waals surface area contributed by atoms with Gasteiger partial charge in [-0.2, -0.15) is 0 Å². The standard InChI is InChI=1S/C24H27N3O5/c1-15(2)16-9-11-18(12-10-16)25-21(28)14-20(23(25)30)26(24(3,4)5)22(29)17-7-6-8-19(13-17)27(31)32/h6-13,15,20H,14H2,1-5H3. The highest BCUT2D eigenvalue weighted by Crippen LogP contribution is 2.32. The van der Waals surface area contributed by atoms with E-state index in [1.165, 1.54) is 29.2 Å². The van der Waals surface area contributed by atoms with Gasteiger partial charge in [-0.1, -0.05) is 32.0 Å². The van der Waals surface area contributed by atoms with Gasteiger partial charge in [0.05, 0.1) is 17.0 Å². The Kier molecular flexibility index (Phi) is 6.16. The number of hydrogen-bond donors (Lipinski definition) is 0. The number of carbonyl (C=O) groups excluding carboxylic acids is 3. The highest BCUT2D eigenvalue weighted by Gasteiger charge is 2.47. The molecule has 1 fully saturated rings. The largest absolute Gasteiger partial charge is 0.321 e. The van der Waals surface area contributed by atoms with Gasteiger partial charge in [-0.3, -0.25) is 24.5 Å². The fourth-order valence-corrected chi connectivity index (χ4v) is 3.90. The highest BCUT2D eigenvalue weighted by atomic mass is 16.6. The average Bonchev–Trinajstić information content (AvgIpc) is 3.00. The van der Waals surface area contributed by atoms with Gasteiger partial charge in [-0.25, -0.2) is 4.90 Å². The van der Waals surface area contributed by atoms with Crippen LogP contribution in [0.15, 0.2) is 48.5 Å². The normalized spacial score (nSPS) is 16.6. The van der Waals surface area contributed by atoms with Crippen LogP contribution in [0, 0.1) is 10.1 Å². The number of rotatable bonds is 5. The number of amides is 3. The van der Waals surface area contributed by atoms with Gasteiger partial charge < -0.3 is 4.90 Å². The van der Waals surface area contributed by atoms with Crippen molar-refractivity contribution >= 4 is 29.1 Å². The Morgan fingerprint density at radius 1 is 1.12 bits per heavy atom. The Balaban J connectivity index is 1.96. The molecule has 2 aromatic rings. The van der Waals surface area contributed by atoms with Crippen molar-refractivity contribution in [2.45, 2.75) is 58.5 Å². The molecular weight excluding hydrogens is 410 g/mol. The first kappa shape index (κ1) is 23.1. The monoisotopic (exact) mass is 437 g/mol. The minimum atomic E-state index is -1.00. The molecule has 3 rings (SSSR count). The van der Waals surface area contributed by atoms with Crippen LogP contribution in [0.25, 0.3) is 0 Å². The Morgan fingerprint density at radius 3 is 2.28 bits per heavy atom. The third-order valence-electron chi connectivity index (χ3n) is 5.50. The van der Waals surface area contributed by atoms with Gasteiger partial charge in [0.25, 0.3) is 17.5 Å². The van der Waals surface area contributed by atoms with E-state index in [0.717, 1.165) is 10.5 Å². The first-order valence-electron chi connectivity index (χ1n) is 10.5. The molecule has 0 saturated carbocycles. The number of nitro groups is 1. The van der Waals surface area contributed by atoms with E-state index in [1.807, 2.05) is 12.1 Å². The molecule has 0 bridgehead atoms. The summed E-state index contributed by atoms with van der Waals surface area (Å²) in [5.74, 6) is -1.10. The zero-order valence-corrected chi connectivity index (χ0v) is 18.9.